The van der Waals surface area contributed by atoms with Crippen LogP contribution in [0.15, 0.2) is 54.6 Å². The first-order valence-electron chi connectivity index (χ1n) is 9.33. The van der Waals surface area contributed by atoms with Gasteiger partial charge in [-0.2, -0.15) is 0 Å². The van der Waals surface area contributed by atoms with Crippen molar-refractivity contribution in [3.63, 3.8) is 0 Å². The summed E-state index contributed by atoms with van der Waals surface area (Å²) in [5.41, 5.74) is 2.63. The van der Waals surface area contributed by atoms with Crippen molar-refractivity contribution in [3.8, 4) is 0 Å². The van der Waals surface area contributed by atoms with E-state index in [2.05, 4.69) is 24.4 Å². The molecule has 3 amide bonds. The Hall–Kier alpha value is -2.95. The lowest BCUT2D eigenvalue weighted by molar-refractivity contribution is -0.139. The lowest BCUT2D eigenvalue weighted by atomic mass is 9.96. The summed E-state index contributed by atoms with van der Waals surface area (Å²) in [6.07, 6.45) is 1.53. The average Bonchev–Trinajstić information content (AvgIpc) is 3.01. The van der Waals surface area contributed by atoms with Gasteiger partial charge < -0.3 is 5.32 Å². The van der Waals surface area contributed by atoms with Gasteiger partial charge in [0.05, 0.1) is 6.54 Å². The number of hydrogen-bond acceptors (Lipinski definition) is 3. The van der Waals surface area contributed by atoms with E-state index >= 15 is 0 Å². The van der Waals surface area contributed by atoms with E-state index in [0.29, 0.717) is 24.9 Å². The Bertz CT molecular complexity index is 799. The first kappa shape index (κ1) is 18.8. The number of carbonyl (C=O) groups is 3. The number of benzene rings is 2. The number of hydrogen-bond donors (Lipinski definition) is 1. The third-order valence-electron chi connectivity index (χ3n) is 4.98. The van der Waals surface area contributed by atoms with Gasteiger partial charge >= 0.3 is 0 Å². The van der Waals surface area contributed by atoms with Crippen LogP contribution < -0.4 is 5.32 Å². The van der Waals surface area contributed by atoms with Gasteiger partial charge in [-0.15, -0.1) is 0 Å². The van der Waals surface area contributed by atoms with Crippen molar-refractivity contribution in [2.75, 3.05) is 6.54 Å². The van der Waals surface area contributed by atoms with Gasteiger partial charge in [-0.25, -0.2) is 0 Å². The number of carbonyl (C=O) groups excluding carboxylic acids is 3. The minimum Gasteiger partial charge on any atom is -0.351 e. The van der Waals surface area contributed by atoms with E-state index in [1.165, 1.54) is 10.5 Å². The molecule has 0 radical (unpaired) electrons. The Morgan fingerprint density at radius 3 is 2.22 bits per heavy atom. The van der Waals surface area contributed by atoms with Crippen molar-refractivity contribution in [1.82, 2.24) is 10.2 Å². The molecule has 140 valence electrons. The van der Waals surface area contributed by atoms with E-state index in [9.17, 15) is 14.4 Å². The summed E-state index contributed by atoms with van der Waals surface area (Å²) in [4.78, 5) is 37.1. The summed E-state index contributed by atoms with van der Waals surface area (Å²) in [6, 6.07) is 17.2. The quantitative estimate of drug-likeness (QED) is 0.767. The number of rotatable bonds is 7. The fourth-order valence-corrected chi connectivity index (χ4v) is 3.28. The number of imide groups is 1. The van der Waals surface area contributed by atoms with Crippen molar-refractivity contribution in [3.05, 3.63) is 71.3 Å². The molecule has 0 saturated carbocycles. The lowest BCUT2D eigenvalue weighted by Gasteiger charge is -2.16. The Morgan fingerprint density at radius 2 is 1.63 bits per heavy atom. The Balaban J connectivity index is 1.57. The first-order valence-corrected chi connectivity index (χ1v) is 9.33. The lowest BCUT2D eigenvalue weighted by Crippen LogP contribution is -2.29. The highest BCUT2D eigenvalue weighted by Gasteiger charge is 2.28. The van der Waals surface area contributed by atoms with Crippen LogP contribution in [-0.2, 0) is 16.1 Å². The standard InChI is InChI=1S/C22H24N2O3/c1-2-17(18-6-4-3-5-7-18)14-23-22(27)19-10-8-16(9-11-19)15-24-20(25)12-13-21(24)26/h3-11,17H,2,12-15H2,1H3,(H,23,27). The van der Waals surface area contributed by atoms with Crippen LogP contribution in [0.2, 0.25) is 0 Å². The zero-order valence-corrected chi connectivity index (χ0v) is 15.5. The number of nitrogens with one attached hydrogen (secondary N) is 1. The van der Waals surface area contributed by atoms with Crippen molar-refractivity contribution in [2.24, 2.45) is 0 Å². The van der Waals surface area contributed by atoms with Crippen molar-refractivity contribution < 1.29 is 14.4 Å². The highest BCUT2D eigenvalue weighted by molar-refractivity contribution is 6.01. The molecule has 1 heterocycles. The van der Waals surface area contributed by atoms with E-state index in [-0.39, 0.29) is 30.2 Å². The third-order valence-corrected chi connectivity index (χ3v) is 4.98. The van der Waals surface area contributed by atoms with Crippen molar-refractivity contribution >= 4 is 17.7 Å². The molecule has 27 heavy (non-hydrogen) atoms. The van der Waals surface area contributed by atoms with Crippen LogP contribution in [-0.4, -0.2) is 29.2 Å². The molecule has 5 heteroatoms. The highest BCUT2D eigenvalue weighted by Crippen LogP contribution is 2.19. The number of amides is 3. The second kappa shape index (κ2) is 8.62. The maximum atomic E-state index is 12.4. The molecule has 1 aliphatic rings. The molecule has 0 aliphatic carbocycles. The molecule has 1 unspecified atom stereocenters. The van der Waals surface area contributed by atoms with Gasteiger partial charge in [0.15, 0.2) is 0 Å². The molecule has 0 spiro atoms. The SMILES string of the molecule is CCC(CNC(=O)c1ccc(CN2C(=O)CCC2=O)cc1)c1ccccc1. The van der Waals surface area contributed by atoms with E-state index < -0.39 is 0 Å². The summed E-state index contributed by atoms with van der Waals surface area (Å²) in [5.74, 6) is -0.104. The molecule has 3 rings (SSSR count). The molecule has 1 atom stereocenters. The molecular weight excluding hydrogens is 340 g/mol. The van der Waals surface area contributed by atoms with Crippen molar-refractivity contribution in [1.29, 1.82) is 0 Å². The van der Waals surface area contributed by atoms with Gasteiger partial charge in [0.25, 0.3) is 5.91 Å². The van der Waals surface area contributed by atoms with Crippen LogP contribution in [0.3, 0.4) is 0 Å². The van der Waals surface area contributed by atoms with Gasteiger partial charge in [0.1, 0.15) is 0 Å². The van der Waals surface area contributed by atoms with Gasteiger partial charge in [-0.3, -0.25) is 19.3 Å². The van der Waals surface area contributed by atoms with Crippen LogP contribution in [0.25, 0.3) is 0 Å². The molecule has 1 aliphatic heterocycles. The highest BCUT2D eigenvalue weighted by atomic mass is 16.2. The van der Waals surface area contributed by atoms with Gasteiger partial charge in [-0.1, -0.05) is 49.4 Å². The third kappa shape index (κ3) is 4.61. The fraction of sp³-hybridized carbons (Fsp3) is 0.318. The summed E-state index contributed by atoms with van der Waals surface area (Å²) in [6.45, 7) is 2.96. The Morgan fingerprint density at radius 1 is 1.00 bits per heavy atom. The van der Waals surface area contributed by atoms with Crippen molar-refractivity contribution in [2.45, 2.75) is 38.6 Å². The largest absolute Gasteiger partial charge is 0.351 e. The Labute approximate surface area is 159 Å². The Kier molecular flexibility index (Phi) is 6.01. The van der Waals surface area contributed by atoms with Crippen LogP contribution in [0.1, 0.15) is 53.6 Å². The minimum absolute atomic E-state index is 0.121. The van der Waals surface area contributed by atoms with Crippen LogP contribution >= 0.6 is 0 Å². The normalized spacial score (nSPS) is 15.1. The predicted molar refractivity (Wildman–Crippen MR) is 103 cm³/mol. The van der Waals surface area contributed by atoms with E-state index in [1.807, 2.05) is 18.2 Å². The summed E-state index contributed by atoms with van der Waals surface area (Å²) in [7, 11) is 0. The molecular formula is C22H24N2O3. The maximum absolute atomic E-state index is 12.4. The summed E-state index contributed by atoms with van der Waals surface area (Å²) >= 11 is 0. The smallest absolute Gasteiger partial charge is 0.251 e. The maximum Gasteiger partial charge on any atom is 0.251 e. The van der Waals surface area contributed by atoms with Crippen LogP contribution in [0, 0.1) is 0 Å². The fourth-order valence-electron chi connectivity index (χ4n) is 3.28. The molecule has 0 aromatic heterocycles. The summed E-state index contributed by atoms with van der Waals surface area (Å²) < 4.78 is 0. The van der Waals surface area contributed by atoms with Gasteiger partial charge in [0.2, 0.25) is 11.8 Å². The zero-order valence-electron chi connectivity index (χ0n) is 15.5. The molecule has 1 N–H and O–H groups in total. The monoisotopic (exact) mass is 364 g/mol. The van der Waals surface area contributed by atoms with Crippen LogP contribution in [0.4, 0.5) is 0 Å². The van der Waals surface area contributed by atoms with E-state index in [4.69, 9.17) is 0 Å². The number of likely N-dealkylation sites (tertiary alicyclic amines) is 1. The van der Waals surface area contributed by atoms with E-state index in [0.717, 1.165) is 12.0 Å². The molecule has 1 fully saturated rings. The second-order valence-corrected chi connectivity index (χ2v) is 6.80. The molecule has 2 aromatic rings. The zero-order chi connectivity index (χ0) is 19.2. The molecule has 1 saturated heterocycles. The minimum atomic E-state index is -0.131. The molecule has 5 nitrogen and oxygen atoms in total. The summed E-state index contributed by atoms with van der Waals surface area (Å²) in [5, 5.41) is 3.00. The average molecular weight is 364 g/mol. The second-order valence-electron chi connectivity index (χ2n) is 6.80. The van der Waals surface area contributed by atoms with Gasteiger partial charge in [0, 0.05) is 30.9 Å². The van der Waals surface area contributed by atoms with Gasteiger partial charge in [-0.05, 0) is 29.7 Å². The number of nitrogens with zero attached hydrogens (tertiary/aromatic N) is 1. The molecule has 2 aromatic carbocycles. The van der Waals surface area contributed by atoms with Crippen LogP contribution in [0.5, 0.6) is 0 Å². The topological polar surface area (TPSA) is 66.5 Å². The predicted octanol–water partition coefficient (Wildman–Crippen LogP) is 3.26. The first-order chi connectivity index (χ1) is 13.1. The van der Waals surface area contributed by atoms with E-state index in [1.54, 1.807) is 24.3 Å². The molecule has 0 bridgehead atoms.